The van der Waals surface area contributed by atoms with Crippen LogP contribution in [0.5, 0.6) is 0 Å². The van der Waals surface area contributed by atoms with E-state index in [1.807, 2.05) is 22.7 Å². The van der Waals surface area contributed by atoms with Crippen LogP contribution in [-0.2, 0) is 16.4 Å². The Kier molecular flexibility index (Phi) is 3.60. The van der Waals surface area contributed by atoms with Crippen molar-refractivity contribution in [1.82, 2.24) is 0 Å². The Balaban J connectivity index is 2.27. The summed E-state index contributed by atoms with van der Waals surface area (Å²) in [6, 6.07) is 4.87. The third kappa shape index (κ3) is 2.56. The SMILES string of the molecule is CN1c2cc(C(C)(C)C)sc2-c2sc(C(C)(C)C)cc2C1(C)C. The Labute approximate surface area is 149 Å². The molecule has 126 valence electrons. The number of fused-ring (bicyclic) bond motifs is 3. The average Bonchev–Trinajstić information content (AvgIpc) is 2.99. The number of anilines is 1. The van der Waals surface area contributed by atoms with Gasteiger partial charge in [-0.3, -0.25) is 0 Å². The van der Waals surface area contributed by atoms with Gasteiger partial charge in [0.1, 0.15) is 0 Å². The molecule has 3 rings (SSSR count). The van der Waals surface area contributed by atoms with Crippen molar-refractivity contribution in [3.63, 3.8) is 0 Å². The smallest absolute Gasteiger partial charge is 0.0683 e. The molecule has 2 aromatic rings. The molecular weight excluding hydrogens is 318 g/mol. The van der Waals surface area contributed by atoms with Crippen LogP contribution in [0.3, 0.4) is 0 Å². The lowest BCUT2D eigenvalue weighted by Crippen LogP contribution is -2.40. The number of rotatable bonds is 0. The highest BCUT2D eigenvalue weighted by atomic mass is 32.1. The maximum absolute atomic E-state index is 2.47. The van der Waals surface area contributed by atoms with Gasteiger partial charge in [0.25, 0.3) is 0 Å². The summed E-state index contributed by atoms with van der Waals surface area (Å²) in [6.45, 7) is 18.6. The molecule has 0 fully saturated rings. The predicted octanol–water partition coefficient (Wildman–Crippen LogP) is 6.76. The maximum Gasteiger partial charge on any atom is 0.0683 e. The third-order valence-corrected chi connectivity index (χ3v) is 8.26. The standard InChI is InChI=1S/C20H29NS2/c1-18(2,3)14-10-12-16(22-14)17-13(21(9)20(12,7)8)11-15(23-17)19(4,5)6/h10-11H,1-9H3. The minimum absolute atomic E-state index is 0.0402. The zero-order valence-electron chi connectivity index (χ0n) is 15.9. The molecule has 0 N–H and O–H groups in total. The summed E-state index contributed by atoms with van der Waals surface area (Å²) in [7, 11) is 2.25. The molecule has 0 amide bonds. The number of thiophene rings is 2. The molecule has 0 saturated carbocycles. The van der Waals surface area contributed by atoms with Gasteiger partial charge in [0.15, 0.2) is 0 Å². The molecule has 3 heterocycles. The monoisotopic (exact) mass is 347 g/mol. The largest absolute Gasteiger partial charge is 0.364 e. The van der Waals surface area contributed by atoms with Gasteiger partial charge in [-0.25, -0.2) is 0 Å². The van der Waals surface area contributed by atoms with Gasteiger partial charge < -0.3 is 4.90 Å². The van der Waals surface area contributed by atoms with Gasteiger partial charge in [0.2, 0.25) is 0 Å². The second kappa shape index (κ2) is 4.86. The summed E-state index contributed by atoms with van der Waals surface area (Å²) in [4.78, 5) is 8.39. The molecule has 3 heteroatoms. The van der Waals surface area contributed by atoms with Crippen molar-refractivity contribution >= 4 is 28.4 Å². The lowest BCUT2D eigenvalue weighted by molar-refractivity contribution is 0.511. The molecule has 0 spiro atoms. The Bertz CT molecular complexity index is 748. The Morgan fingerprint density at radius 3 is 1.83 bits per heavy atom. The van der Waals surface area contributed by atoms with E-state index in [0.717, 1.165) is 0 Å². The molecule has 0 radical (unpaired) electrons. The molecule has 0 aromatic carbocycles. The topological polar surface area (TPSA) is 3.24 Å². The molecule has 2 aromatic heterocycles. The molecule has 1 aliphatic rings. The molecule has 0 aliphatic carbocycles. The van der Waals surface area contributed by atoms with Gasteiger partial charge in [-0.05, 0) is 42.4 Å². The van der Waals surface area contributed by atoms with E-state index >= 15 is 0 Å². The molecule has 0 unspecified atom stereocenters. The van der Waals surface area contributed by atoms with Crippen molar-refractivity contribution in [3.8, 4) is 9.75 Å². The highest BCUT2D eigenvalue weighted by Crippen LogP contribution is 2.55. The zero-order valence-corrected chi connectivity index (χ0v) is 17.6. The van der Waals surface area contributed by atoms with Crippen molar-refractivity contribution in [2.75, 3.05) is 11.9 Å². The summed E-state index contributed by atoms with van der Waals surface area (Å²) in [6.07, 6.45) is 0. The second-order valence-corrected chi connectivity index (χ2v) is 11.4. The first-order valence-electron chi connectivity index (χ1n) is 8.37. The fourth-order valence-electron chi connectivity index (χ4n) is 3.03. The van der Waals surface area contributed by atoms with Crippen molar-refractivity contribution in [2.24, 2.45) is 0 Å². The Morgan fingerprint density at radius 1 is 0.826 bits per heavy atom. The van der Waals surface area contributed by atoms with E-state index in [1.54, 1.807) is 0 Å². The van der Waals surface area contributed by atoms with Crippen molar-refractivity contribution < 1.29 is 0 Å². The second-order valence-electron chi connectivity index (χ2n) is 9.30. The molecule has 23 heavy (non-hydrogen) atoms. The van der Waals surface area contributed by atoms with E-state index in [1.165, 1.54) is 30.8 Å². The molecule has 0 saturated heterocycles. The molecule has 0 atom stereocenters. The quantitative estimate of drug-likeness (QED) is 0.509. The van der Waals surface area contributed by atoms with Crippen LogP contribution in [0, 0.1) is 0 Å². The van der Waals surface area contributed by atoms with Gasteiger partial charge in [0.05, 0.1) is 21.0 Å². The van der Waals surface area contributed by atoms with Crippen LogP contribution in [0.4, 0.5) is 5.69 Å². The number of nitrogens with zero attached hydrogens (tertiary/aromatic N) is 1. The van der Waals surface area contributed by atoms with Crippen LogP contribution in [0.2, 0.25) is 0 Å². The summed E-state index contributed by atoms with van der Waals surface area (Å²) in [5, 5.41) is 0. The molecular formula is C20H29NS2. The average molecular weight is 348 g/mol. The van der Waals surface area contributed by atoms with Gasteiger partial charge in [0, 0.05) is 16.8 Å². The maximum atomic E-state index is 2.47. The van der Waals surface area contributed by atoms with Crippen molar-refractivity contribution in [3.05, 3.63) is 27.5 Å². The van der Waals surface area contributed by atoms with Gasteiger partial charge >= 0.3 is 0 Å². The van der Waals surface area contributed by atoms with Crippen LogP contribution >= 0.6 is 22.7 Å². The van der Waals surface area contributed by atoms with Crippen LogP contribution in [0.25, 0.3) is 9.75 Å². The Hall–Kier alpha value is -0.800. The van der Waals surface area contributed by atoms with E-state index in [9.17, 15) is 0 Å². The zero-order chi connectivity index (χ0) is 17.4. The first-order valence-corrected chi connectivity index (χ1v) is 10.00. The minimum atomic E-state index is 0.0402. The fraction of sp³-hybridized carbons (Fsp3) is 0.600. The van der Waals surface area contributed by atoms with Crippen molar-refractivity contribution in [2.45, 2.75) is 71.8 Å². The van der Waals surface area contributed by atoms with E-state index in [2.05, 4.69) is 79.5 Å². The van der Waals surface area contributed by atoms with Gasteiger partial charge in [-0.1, -0.05) is 41.5 Å². The number of hydrogen-bond donors (Lipinski definition) is 0. The summed E-state index contributed by atoms with van der Waals surface area (Å²) < 4.78 is 0. The van der Waals surface area contributed by atoms with E-state index < -0.39 is 0 Å². The van der Waals surface area contributed by atoms with Crippen LogP contribution in [-0.4, -0.2) is 7.05 Å². The highest BCUT2D eigenvalue weighted by molar-refractivity contribution is 7.23. The molecule has 0 bridgehead atoms. The minimum Gasteiger partial charge on any atom is -0.364 e. The third-order valence-electron chi connectivity index (χ3n) is 4.99. The van der Waals surface area contributed by atoms with Crippen molar-refractivity contribution in [1.29, 1.82) is 0 Å². The summed E-state index contributed by atoms with van der Waals surface area (Å²) in [5.41, 5.74) is 3.35. The Morgan fingerprint density at radius 2 is 1.30 bits per heavy atom. The van der Waals surface area contributed by atoms with E-state index in [4.69, 9.17) is 0 Å². The fourth-order valence-corrected chi connectivity index (χ4v) is 5.80. The summed E-state index contributed by atoms with van der Waals surface area (Å²) >= 11 is 3.98. The first kappa shape index (κ1) is 17.0. The predicted molar refractivity (Wildman–Crippen MR) is 106 cm³/mol. The van der Waals surface area contributed by atoms with Gasteiger partial charge in [-0.15, -0.1) is 22.7 Å². The lowest BCUT2D eigenvalue weighted by atomic mass is 9.86. The van der Waals surface area contributed by atoms with Crippen LogP contribution < -0.4 is 4.90 Å². The molecule has 1 nitrogen and oxygen atoms in total. The number of hydrogen-bond acceptors (Lipinski definition) is 3. The van der Waals surface area contributed by atoms with E-state index in [0.29, 0.717) is 0 Å². The van der Waals surface area contributed by atoms with Crippen LogP contribution in [0.1, 0.15) is 70.7 Å². The van der Waals surface area contributed by atoms with E-state index in [-0.39, 0.29) is 16.4 Å². The molecule has 1 aliphatic heterocycles. The summed E-state index contributed by atoms with van der Waals surface area (Å²) in [5.74, 6) is 0. The first-order chi connectivity index (χ1) is 10.3. The normalized spacial score (nSPS) is 17.2. The van der Waals surface area contributed by atoms with Crippen LogP contribution in [0.15, 0.2) is 12.1 Å². The van der Waals surface area contributed by atoms with Gasteiger partial charge in [-0.2, -0.15) is 0 Å². The lowest BCUT2D eigenvalue weighted by Gasteiger charge is -2.41. The highest BCUT2D eigenvalue weighted by Gasteiger charge is 2.40.